The summed E-state index contributed by atoms with van der Waals surface area (Å²) in [7, 11) is 0. The van der Waals surface area contributed by atoms with Crippen molar-refractivity contribution in [2.24, 2.45) is 0 Å². The Morgan fingerprint density at radius 2 is 1.90 bits per heavy atom. The lowest BCUT2D eigenvalue weighted by Crippen LogP contribution is -2.24. The summed E-state index contributed by atoms with van der Waals surface area (Å²) in [5.41, 5.74) is 1.04. The third-order valence-corrected chi connectivity index (χ3v) is 2.99. The molecule has 1 aromatic rings. The number of amides is 1. The van der Waals surface area contributed by atoms with E-state index in [1.54, 1.807) is 0 Å². The molecule has 1 unspecified atom stereocenters. The van der Waals surface area contributed by atoms with Crippen LogP contribution in [0.15, 0.2) is 18.2 Å². The summed E-state index contributed by atoms with van der Waals surface area (Å²) in [5.74, 6) is 1.77. The van der Waals surface area contributed by atoms with Crippen molar-refractivity contribution in [3.63, 3.8) is 0 Å². The molecule has 0 bridgehead atoms. The van der Waals surface area contributed by atoms with Crippen molar-refractivity contribution >= 4 is 5.91 Å². The van der Waals surface area contributed by atoms with Gasteiger partial charge in [0.05, 0.1) is 13.2 Å². The summed E-state index contributed by atoms with van der Waals surface area (Å²) < 4.78 is 11.2. The molecule has 0 saturated heterocycles. The first-order valence-corrected chi connectivity index (χ1v) is 7.28. The molecule has 0 spiro atoms. The molecule has 0 aromatic heterocycles. The van der Waals surface area contributed by atoms with Gasteiger partial charge in [0.1, 0.15) is 11.5 Å². The predicted molar refractivity (Wildman–Crippen MR) is 80.5 cm³/mol. The molecule has 0 aliphatic rings. The van der Waals surface area contributed by atoms with Crippen LogP contribution < -0.4 is 14.8 Å². The minimum absolute atomic E-state index is 0.0660. The first-order chi connectivity index (χ1) is 9.62. The van der Waals surface area contributed by atoms with Crippen molar-refractivity contribution < 1.29 is 14.3 Å². The molecular weight excluding hydrogens is 254 g/mol. The third kappa shape index (κ3) is 4.76. The fourth-order valence-corrected chi connectivity index (χ4v) is 2.12. The normalized spacial score (nSPS) is 11.8. The average Bonchev–Trinajstić information content (AvgIpc) is 2.40. The van der Waals surface area contributed by atoms with Crippen molar-refractivity contribution in [3.8, 4) is 11.5 Å². The number of carbonyl (C=O) groups is 1. The lowest BCUT2D eigenvalue weighted by Gasteiger charge is -2.17. The molecule has 1 aromatic carbocycles. The summed E-state index contributed by atoms with van der Waals surface area (Å²) in [4.78, 5) is 11.7. The molecule has 4 nitrogen and oxygen atoms in total. The van der Waals surface area contributed by atoms with Gasteiger partial charge in [0.25, 0.3) is 0 Å². The van der Waals surface area contributed by atoms with Crippen molar-refractivity contribution in [1.29, 1.82) is 0 Å². The van der Waals surface area contributed by atoms with E-state index in [9.17, 15) is 4.79 Å². The second-order valence-corrected chi connectivity index (χ2v) is 4.62. The zero-order valence-corrected chi connectivity index (χ0v) is 12.9. The Morgan fingerprint density at radius 1 is 1.20 bits per heavy atom. The van der Waals surface area contributed by atoms with Crippen LogP contribution in [0.25, 0.3) is 0 Å². The molecular formula is C16H25NO3. The Hall–Kier alpha value is -1.71. The smallest absolute Gasteiger partial charge is 0.220 e. The van der Waals surface area contributed by atoms with Gasteiger partial charge in [-0.2, -0.15) is 0 Å². The maximum atomic E-state index is 11.7. The van der Waals surface area contributed by atoms with Crippen LogP contribution in [0.2, 0.25) is 0 Å². The molecule has 0 aliphatic heterocycles. The fraction of sp³-hybridized carbons (Fsp3) is 0.562. The molecule has 4 heteroatoms. The van der Waals surface area contributed by atoms with E-state index in [0.717, 1.165) is 17.1 Å². The van der Waals surface area contributed by atoms with Crippen molar-refractivity contribution in [3.05, 3.63) is 23.8 Å². The topological polar surface area (TPSA) is 47.6 Å². The first-order valence-electron chi connectivity index (χ1n) is 7.28. The van der Waals surface area contributed by atoms with Crippen molar-refractivity contribution in [1.82, 2.24) is 5.32 Å². The Morgan fingerprint density at radius 3 is 2.50 bits per heavy atom. The summed E-state index contributed by atoms with van der Waals surface area (Å²) in [6.07, 6.45) is 0.460. The molecule has 1 amide bonds. The van der Waals surface area contributed by atoms with Gasteiger partial charge < -0.3 is 14.8 Å². The Balaban J connectivity index is 2.88. The molecule has 0 aliphatic carbocycles. The minimum Gasteiger partial charge on any atom is -0.494 e. The number of benzene rings is 1. The molecule has 20 heavy (non-hydrogen) atoms. The quantitative estimate of drug-likeness (QED) is 0.795. The van der Waals surface area contributed by atoms with Crippen molar-refractivity contribution in [2.45, 2.75) is 40.0 Å². The van der Waals surface area contributed by atoms with Gasteiger partial charge in [-0.05, 0) is 38.3 Å². The third-order valence-electron chi connectivity index (χ3n) is 2.99. The van der Waals surface area contributed by atoms with E-state index in [1.807, 2.05) is 45.9 Å². The monoisotopic (exact) mass is 279 g/mol. The lowest BCUT2D eigenvalue weighted by molar-refractivity contribution is -0.121. The van der Waals surface area contributed by atoms with E-state index in [0.29, 0.717) is 26.2 Å². The molecule has 0 heterocycles. The van der Waals surface area contributed by atoms with Gasteiger partial charge in [-0.15, -0.1) is 0 Å². The lowest BCUT2D eigenvalue weighted by atomic mass is 9.96. The number of ether oxygens (including phenoxy) is 2. The zero-order valence-electron chi connectivity index (χ0n) is 12.9. The van der Waals surface area contributed by atoms with E-state index in [2.05, 4.69) is 5.32 Å². The van der Waals surface area contributed by atoms with E-state index in [4.69, 9.17) is 9.47 Å². The highest BCUT2D eigenvalue weighted by Gasteiger charge is 2.16. The van der Waals surface area contributed by atoms with Gasteiger partial charge in [0.15, 0.2) is 0 Å². The van der Waals surface area contributed by atoms with E-state index >= 15 is 0 Å². The summed E-state index contributed by atoms with van der Waals surface area (Å²) in [5, 5.41) is 2.82. The molecule has 1 rings (SSSR count). The molecule has 0 radical (unpaired) electrons. The van der Waals surface area contributed by atoms with Crippen LogP contribution in [-0.2, 0) is 4.79 Å². The number of hydrogen-bond donors (Lipinski definition) is 1. The molecule has 112 valence electrons. The van der Waals surface area contributed by atoms with E-state index < -0.39 is 0 Å². The highest BCUT2D eigenvalue weighted by atomic mass is 16.5. The fourth-order valence-electron chi connectivity index (χ4n) is 2.12. The van der Waals surface area contributed by atoms with Crippen LogP contribution in [0.5, 0.6) is 11.5 Å². The van der Waals surface area contributed by atoms with E-state index in [1.165, 1.54) is 0 Å². The number of rotatable bonds is 8. The summed E-state index contributed by atoms with van der Waals surface area (Å²) >= 11 is 0. The average molecular weight is 279 g/mol. The number of carbonyl (C=O) groups excluding carboxylic acids is 1. The van der Waals surface area contributed by atoms with Crippen LogP contribution in [0.3, 0.4) is 0 Å². The van der Waals surface area contributed by atoms with Gasteiger partial charge in [-0.1, -0.05) is 13.0 Å². The first kappa shape index (κ1) is 16.3. The largest absolute Gasteiger partial charge is 0.494 e. The number of nitrogens with one attached hydrogen (secondary N) is 1. The highest BCUT2D eigenvalue weighted by molar-refractivity contribution is 5.76. The van der Waals surface area contributed by atoms with Gasteiger partial charge in [-0.3, -0.25) is 4.79 Å². The molecule has 1 N–H and O–H groups in total. The summed E-state index contributed by atoms with van der Waals surface area (Å²) in [6.45, 7) is 9.74. The van der Waals surface area contributed by atoms with Crippen molar-refractivity contribution in [2.75, 3.05) is 19.8 Å². The molecule has 0 fully saturated rings. The Labute approximate surface area is 121 Å². The van der Waals surface area contributed by atoms with Crippen LogP contribution in [0, 0.1) is 0 Å². The zero-order chi connectivity index (χ0) is 15.0. The van der Waals surface area contributed by atoms with Crippen LogP contribution in [0.4, 0.5) is 0 Å². The SMILES string of the molecule is CCNC(=O)CC(C)c1ccc(OCC)cc1OCC. The standard InChI is InChI=1S/C16H25NO3/c1-5-17-16(18)10-12(4)14-9-8-13(19-6-2)11-15(14)20-7-3/h8-9,11-12H,5-7,10H2,1-4H3,(H,17,18). The highest BCUT2D eigenvalue weighted by Crippen LogP contribution is 2.32. The van der Waals surface area contributed by atoms with Crippen LogP contribution >= 0.6 is 0 Å². The maximum Gasteiger partial charge on any atom is 0.220 e. The van der Waals surface area contributed by atoms with Gasteiger partial charge >= 0.3 is 0 Å². The predicted octanol–water partition coefficient (Wildman–Crippen LogP) is 3.11. The summed E-state index contributed by atoms with van der Waals surface area (Å²) in [6, 6.07) is 5.81. The van der Waals surface area contributed by atoms with Crippen LogP contribution in [0.1, 0.15) is 45.6 Å². The molecule has 1 atom stereocenters. The minimum atomic E-state index is 0.0660. The Bertz CT molecular complexity index is 432. The van der Waals surface area contributed by atoms with Crippen LogP contribution in [-0.4, -0.2) is 25.7 Å². The number of hydrogen-bond acceptors (Lipinski definition) is 3. The van der Waals surface area contributed by atoms with Gasteiger partial charge in [0.2, 0.25) is 5.91 Å². The maximum absolute atomic E-state index is 11.7. The van der Waals surface area contributed by atoms with Gasteiger partial charge in [-0.25, -0.2) is 0 Å². The molecule has 0 saturated carbocycles. The second kappa shape index (κ2) is 8.46. The van der Waals surface area contributed by atoms with Gasteiger partial charge in [0, 0.05) is 19.0 Å². The Kier molecular flexibility index (Phi) is 6.91. The van der Waals surface area contributed by atoms with E-state index in [-0.39, 0.29) is 11.8 Å². The second-order valence-electron chi connectivity index (χ2n) is 4.62.